The highest BCUT2D eigenvalue weighted by Gasteiger charge is 2.30. The molecular weight excluding hydrogens is 224 g/mol. The van der Waals surface area contributed by atoms with Crippen LogP contribution < -0.4 is 5.73 Å². The molecular formula is C15H22N2O. The molecule has 1 amide bonds. The molecule has 2 unspecified atom stereocenters. The van der Waals surface area contributed by atoms with Crippen LogP contribution in [0.5, 0.6) is 0 Å². The molecule has 98 valence electrons. The van der Waals surface area contributed by atoms with Gasteiger partial charge >= 0.3 is 0 Å². The Balaban J connectivity index is 2.29. The van der Waals surface area contributed by atoms with Crippen LogP contribution in [0.2, 0.25) is 0 Å². The first kappa shape index (κ1) is 12.9. The van der Waals surface area contributed by atoms with E-state index in [-0.39, 0.29) is 5.91 Å². The van der Waals surface area contributed by atoms with E-state index in [4.69, 9.17) is 5.73 Å². The zero-order valence-electron chi connectivity index (χ0n) is 11.4. The predicted octanol–water partition coefficient (Wildman–Crippen LogP) is 2.98. The summed E-state index contributed by atoms with van der Waals surface area (Å²) in [7, 11) is 0. The monoisotopic (exact) mass is 246 g/mol. The topological polar surface area (TPSA) is 46.3 Å². The van der Waals surface area contributed by atoms with Crippen molar-refractivity contribution in [3.8, 4) is 0 Å². The van der Waals surface area contributed by atoms with Gasteiger partial charge in [0.15, 0.2) is 0 Å². The summed E-state index contributed by atoms with van der Waals surface area (Å²) in [6, 6.07) is 6.18. The maximum Gasteiger partial charge on any atom is 0.254 e. The van der Waals surface area contributed by atoms with E-state index in [1.807, 2.05) is 24.0 Å². The summed E-state index contributed by atoms with van der Waals surface area (Å²) < 4.78 is 0. The predicted molar refractivity (Wildman–Crippen MR) is 74.5 cm³/mol. The summed E-state index contributed by atoms with van der Waals surface area (Å²) >= 11 is 0. The minimum Gasteiger partial charge on any atom is -0.399 e. The molecule has 0 aliphatic carbocycles. The minimum absolute atomic E-state index is 0.146. The van der Waals surface area contributed by atoms with Crippen molar-refractivity contribution in [1.29, 1.82) is 0 Å². The van der Waals surface area contributed by atoms with Gasteiger partial charge in [-0.15, -0.1) is 0 Å². The average Bonchev–Trinajstić information content (AvgIpc) is 2.28. The number of anilines is 1. The Bertz CT molecular complexity index is 446. The number of likely N-dealkylation sites (tertiary alicyclic amines) is 1. The standard InChI is InChI=1S/C15H22N2O/c1-10-9-13(16)7-8-14(10)15(18)17-11(2)5-4-6-12(17)3/h7-9,11-12H,4-6,16H2,1-3H3. The zero-order chi connectivity index (χ0) is 13.3. The molecule has 2 rings (SSSR count). The molecule has 0 bridgehead atoms. The number of rotatable bonds is 1. The van der Waals surface area contributed by atoms with Gasteiger partial charge in [-0.1, -0.05) is 0 Å². The lowest BCUT2D eigenvalue weighted by molar-refractivity contribution is 0.0510. The van der Waals surface area contributed by atoms with Gasteiger partial charge in [0.1, 0.15) is 0 Å². The van der Waals surface area contributed by atoms with E-state index in [1.165, 1.54) is 6.42 Å². The fourth-order valence-electron chi connectivity index (χ4n) is 2.89. The minimum atomic E-state index is 0.146. The van der Waals surface area contributed by atoms with E-state index in [0.29, 0.717) is 17.8 Å². The van der Waals surface area contributed by atoms with E-state index < -0.39 is 0 Å². The SMILES string of the molecule is Cc1cc(N)ccc1C(=O)N1C(C)CCCC1C. The molecule has 0 radical (unpaired) electrons. The highest BCUT2D eigenvalue weighted by molar-refractivity contribution is 5.96. The van der Waals surface area contributed by atoms with Crippen molar-refractivity contribution in [3.63, 3.8) is 0 Å². The van der Waals surface area contributed by atoms with Crippen LogP contribution in [-0.2, 0) is 0 Å². The Labute approximate surface area is 109 Å². The molecule has 2 atom stereocenters. The lowest BCUT2D eigenvalue weighted by Crippen LogP contribution is -2.47. The van der Waals surface area contributed by atoms with Crippen LogP contribution in [0.15, 0.2) is 18.2 Å². The lowest BCUT2D eigenvalue weighted by Gasteiger charge is -2.39. The Morgan fingerprint density at radius 3 is 2.44 bits per heavy atom. The fraction of sp³-hybridized carbons (Fsp3) is 0.533. The molecule has 2 N–H and O–H groups in total. The summed E-state index contributed by atoms with van der Waals surface area (Å²) in [6.07, 6.45) is 3.42. The van der Waals surface area contributed by atoms with Crippen molar-refractivity contribution in [2.45, 2.75) is 52.1 Å². The van der Waals surface area contributed by atoms with E-state index in [2.05, 4.69) is 13.8 Å². The smallest absolute Gasteiger partial charge is 0.254 e. The molecule has 18 heavy (non-hydrogen) atoms. The van der Waals surface area contributed by atoms with Gasteiger partial charge in [0.2, 0.25) is 0 Å². The van der Waals surface area contributed by atoms with Crippen molar-refractivity contribution in [2.24, 2.45) is 0 Å². The lowest BCUT2D eigenvalue weighted by atomic mass is 9.95. The summed E-state index contributed by atoms with van der Waals surface area (Å²) in [4.78, 5) is 14.7. The van der Waals surface area contributed by atoms with Crippen LogP contribution in [0.3, 0.4) is 0 Å². The Morgan fingerprint density at radius 1 is 1.28 bits per heavy atom. The van der Waals surface area contributed by atoms with E-state index >= 15 is 0 Å². The molecule has 1 fully saturated rings. The van der Waals surface area contributed by atoms with Crippen molar-refractivity contribution in [1.82, 2.24) is 4.90 Å². The van der Waals surface area contributed by atoms with Gasteiger partial charge in [0.25, 0.3) is 5.91 Å². The zero-order valence-corrected chi connectivity index (χ0v) is 11.4. The van der Waals surface area contributed by atoms with Crippen LogP contribution >= 0.6 is 0 Å². The van der Waals surface area contributed by atoms with Crippen LogP contribution in [-0.4, -0.2) is 22.9 Å². The third-order valence-corrected chi connectivity index (χ3v) is 3.91. The maximum absolute atomic E-state index is 12.6. The highest BCUT2D eigenvalue weighted by Crippen LogP contribution is 2.26. The number of nitrogen functional groups attached to an aromatic ring is 1. The third kappa shape index (κ3) is 2.35. The van der Waals surface area contributed by atoms with E-state index in [0.717, 1.165) is 24.0 Å². The van der Waals surface area contributed by atoms with E-state index in [1.54, 1.807) is 6.07 Å². The van der Waals surface area contributed by atoms with Crippen LogP contribution in [0.4, 0.5) is 5.69 Å². The Morgan fingerprint density at radius 2 is 1.89 bits per heavy atom. The normalized spacial score (nSPS) is 24.1. The van der Waals surface area contributed by atoms with Crippen molar-refractivity contribution in [3.05, 3.63) is 29.3 Å². The van der Waals surface area contributed by atoms with Crippen LogP contribution in [0.25, 0.3) is 0 Å². The number of amides is 1. The van der Waals surface area contributed by atoms with Crippen molar-refractivity contribution >= 4 is 11.6 Å². The first-order valence-corrected chi connectivity index (χ1v) is 6.69. The Kier molecular flexibility index (Phi) is 3.60. The molecule has 0 saturated carbocycles. The van der Waals surface area contributed by atoms with Gasteiger partial charge < -0.3 is 10.6 Å². The van der Waals surface area contributed by atoms with Crippen molar-refractivity contribution < 1.29 is 4.79 Å². The second-order valence-corrected chi connectivity index (χ2v) is 5.42. The van der Waals surface area contributed by atoms with Gasteiger partial charge in [-0.2, -0.15) is 0 Å². The molecule has 0 spiro atoms. The molecule has 1 heterocycles. The van der Waals surface area contributed by atoms with Crippen LogP contribution in [0, 0.1) is 6.92 Å². The molecule has 1 aliphatic rings. The molecule has 3 heteroatoms. The number of piperidine rings is 1. The van der Waals surface area contributed by atoms with Gasteiger partial charge in [0.05, 0.1) is 0 Å². The number of nitrogens with two attached hydrogens (primary N) is 1. The summed E-state index contributed by atoms with van der Waals surface area (Å²) in [5.41, 5.74) is 8.19. The van der Waals surface area contributed by atoms with Gasteiger partial charge in [-0.25, -0.2) is 0 Å². The summed E-state index contributed by atoms with van der Waals surface area (Å²) in [6.45, 7) is 6.23. The van der Waals surface area contributed by atoms with Gasteiger partial charge in [0, 0.05) is 23.3 Å². The van der Waals surface area contributed by atoms with Crippen molar-refractivity contribution in [2.75, 3.05) is 5.73 Å². The number of benzene rings is 1. The molecule has 1 saturated heterocycles. The quantitative estimate of drug-likeness (QED) is 0.774. The Hall–Kier alpha value is -1.51. The summed E-state index contributed by atoms with van der Waals surface area (Å²) in [5.74, 6) is 0.146. The molecule has 1 aromatic rings. The van der Waals surface area contributed by atoms with E-state index in [9.17, 15) is 4.79 Å². The maximum atomic E-state index is 12.6. The number of hydrogen-bond acceptors (Lipinski definition) is 2. The number of aryl methyl sites for hydroxylation is 1. The first-order valence-electron chi connectivity index (χ1n) is 6.69. The van der Waals surface area contributed by atoms with Gasteiger partial charge in [-0.05, 0) is 63.8 Å². The number of nitrogens with zero attached hydrogens (tertiary/aromatic N) is 1. The van der Waals surface area contributed by atoms with Crippen LogP contribution in [0.1, 0.15) is 49.0 Å². The molecule has 0 aromatic heterocycles. The molecule has 1 aliphatic heterocycles. The molecule has 1 aromatic carbocycles. The van der Waals surface area contributed by atoms with Gasteiger partial charge in [-0.3, -0.25) is 4.79 Å². The third-order valence-electron chi connectivity index (χ3n) is 3.91. The number of carbonyl (C=O) groups is 1. The number of hydrogen-bond donors (Lipinski definition) is 1. The average molecular weight is 246 g/mol. The second-order valence-electron chi connectivity index (χ2n) is 5.42. The summed E-state index contributed by atoms with van der Waals surface area (Å²) in [5, 5.41) is 0. The fourth-order valence-corrected chi connectivity index (χ4v) is 2.89. The first-order chi connectivity index (χ1) is 8.50. The molecule has 3 nitrogen and oxygen atoms in total. The highest BCUT2D eigenvalue weighted by atomic mass is 16.2. The second kappa shape index (κ2) is 5.01. The number of carbonyl (C=O) groups excluding carboxylic acids is 1. The largest absolute Gasteiger partial charge is 0.399 e.